The van der Waals surface area contributed by atoms with Gasteiger partial charge in [0.05, 0.1) is 37.9 Å². The van der Waals surface area contributed by atoms with Crippen LogP contribution in [0.4, 0.5) is 0 Å². The van der Waals surface area contributed by atoms with Gasteiger partial charge in [0.1, 0.15) is 35.9 Å². The van der Waals surface area contributed by atoms with Crippen molar-refractivity contribution in [3.05, 3.63) is 60.1 Å². The highest BCUT2D eigenvalue weighted by Gasteiger charge is 2.19. The number of methoxy groups -OCH3 is 2. The van der Waals surface area contributed by atoms with Crippen molar-refractivity contribution in [2.24, 2.45) is 0 Å². The molecule has 0 atom stereocenters. The molecule has 0 saturated carbocycles. The maximum absolute atomic E-state index is 12.5. The van der Waals surface area contributed by atoms with Crippen LogP contribution in [0.2, 0.25) is 0 Å². The normalized spacial score (nSPS) is 11.3. The molecule has 2 heterocycles. The molecule has 2 aromatic heterocycles. The van der Waals surface area contributed by atoms with Crippen LogP contribution in [0.25, 0.3) is 21.9 Å². The van der Waals surface area contributed by atoms with Gasteiger partial charge in [-0.15, -0.1) is 0 Å². The summed E-state index contributed by atoms with van der Waals surface area (Å²) in [4.78, 5) is 25.1. The zero-order valence-corrected chi connectivity index (χ0v) is 18.2. The van der Waals surface area contributed by atoms with Gasteiger partial charge < -0.3 is 27.4 Å². The van der Waals surface area contributed by atoms with E-state index in [-0.39, 0.29) is 11.1 Å². The topological polar surface area (TPSA) is 114 Å². The second-order valence-corrected chi connectivity index (χ2v) is 7.77. The number of benzene rings is 2. The Labute approximate surface area is 182 Å². The van der Waals surface area contributed by atoms with E-state index in [1.807, 2.05) is 0 Å². The predicted molar refractivity (Wildman–Crippen MR) is 115 cm³/mol. The second-order valence-electron chi connectivity index (χ2n) is 6.70. The third-order valence-electron chi connectivity index (χ3n) is 4.79. The number of hydrogen-bond acceptors (Lipinski definition) is 9. The summed E-state index contributed by atoms with van der Waals surface area (Å²) >= 11 is 0. The molecular formula is C22H19O9P. The lowest BCUT2D eigenvalue weighted by Gasteiger charge is -2.10. The number of Topliss-reactive ketones (excluding diaryl/α,β-unsaturated/α-hetero) is 2. The molecule has 0 bridgehead atoms. The smallest absolute Gasteiger partial charge is 0.320 e. The molecule has 9 nitrogen and oxygen atoms in total. The molecule has 0 aliphatic rings. The van der Waals surface area contributed by atoms with Crippen LogP contribution in [0, 0.1) is 0 Å². The van der Waals surface area contributed by atoms with Crippen LogP contribution in [0.3, 0.4) is 0 Å². The zero-order valence-electron chi connectivity index (χ0n) is 17.2. The third kappa shape index (κ3) is 4.45. The first-order valence-corrected chi connectivity index (χ1v) is 10.7. The second kappa shape index (κ2) is 9.40. The molecule has 4 rings (SSSR count). The van der Waals surface area contributed by atoms with E-state index >= 15 is 0 Å². The average Bonchev–Trinajstić information content (AvgIpc) is 3.47. The number of carbonyl (C=O) groups is 2. The number of furan rings is 2. The molecule has 0 aliphatic carbocycles. The van der Waals surface area contributed by atoms with Crippen LogP contribution in [0.15, 0.2) is 57.8 Å². The van der Waals surface area contributed by atoms with Gasteiger partial charge in [0.2, 0.25) is 0 Å². The van der Waals surface area contributed by atoms with Crippen molar-refractivity contribution in [1.29, 1.82) is 0 Å². The molecule has 166 valence electrons. The Hall–Kier alpha value is -3.39. The quantitative estimate of drug-likeness (QED) is 0.247. The third-order valence-corrected chi connectivity index (χ3v) is 5.55. The molecular weight excluding hydrogens is 439 g/mol. The minimum Gasteiger partial charge on any atom is -0.496 e. The van der Waals surface area contributed by atoms with Crippen LogP contribution >= 0.6 is 8.25 Å². The maximum Gasteiger partial charge on any atom is 0.320 e. The lowest BCUT2D eigenvalue weighted by atomic mass is 10.1. The summed E-state index contributed by atoms with van der Waals surface area (Å²) in [5.74, 6) is -0.298. The molecule has 0 spiro atoms. The average molecular weight is 458 g/mol. The van der Waals surface area contributed by atoms with Crippen LogP contribution in [0.1, 0.15) is 20.7 Å². The van der Waals surface area contributed by atoms with Crippen LogP contribution in [0.5, 0.6) is 11.5 Å². The van der Waals surface area contributed by atoms with Crippen molar-refractivity contribution in [1.82, 2.24) is 0 Å². The molecule has 0 unspecified atom stereocenters. The van der Waals surface area contributed by atoms with E-state index in [1.54, 1.807) is 36.4 Å². The van der Waals surface area contributed by atoms with Gasteiger partial charge in [-0.3, -0.25) is 14.2 Å². The highest BCUT2D eigenvalue weighted by atomic mass is 31.1. The summed E-state index contributed by atoms with van der Waals surface area (Å²) in [7, 11) is -0.255. The summed E-state index contributed by atoms with van der Waals surface area (Å²) in [6.45, 7) is -1.01. The fourth-order valence-corrected chi connectivity index (χ4v) is 3.78. The number of hydrogen-bond donors (Lipinski definition) is 0. The predicted octanol–water partition coefficient (Wildman–Crippen LogP) is 4.68. The van der Waals surface area contributed by atoms with Gasteiger partial charge in [-0.05, 0) is 24.3 Å². The van der Waals surface area contributed by atoms with E-state index < -0.39 is 33.0 Å². The van der Waals surface area contributed by atoms with E-state index in [0.29, 0.717) is 33.4 Å². The number of carbonyl (C=O) groups excluding carboxylic acids is 2. The van der Waals surface area contributed by atoms with Gasteiger partial charge in [-0.1, -0.05) is 0 Å². The fourth-order valence-electron chi connectivity index (χ4n) is 3.20. The first-order valence-electron chi connectivity index (χ1n) is 9.46. The molecule has 0 N–H and O–H groups in total. The summed E-state index contributed by atoms with van der Waals surface area (Å²) < 4.78 is 43.2. The molecule has 2 aromatic carbocycles. The number of fused-ring (bicyclic) bond motifs is 2. The minimum atomic E-state index is -3.11. The maximum atomic E-state index is 12.5. The molecule has 0 aliphatic heterocycles. The zero-order chi connectivity index (χ0) is 22.7. The summed E-state index contributed by atoms with van der Waals surface area (Å²) in [5, 5.41) is 1.43. The lowest BCUT2D eigenvalue weighted by molar-refractivity contribution is 0.0874. The van der Waals surface area contributed by atoms with Gasteiger partial charge in [-0.25, -0.2) is 0 Å². The summed E-state index contributed by atoms with van der Waals surface area (Å²) in [6.07, 6.45) is 3.00. The van der Waals surface area contributed by atoms with Crippen LogP contribution in [-0.4, -0.2) is 39.0 Å². The number of ketones is 2. The molecule has 10 heteroatoms. The Kier molecular flexibility index (Phi) is 6.41. The van der Waals surface area contributed by atoms with E-state index in [9.17, 15) is 14.2 Å². The molecule has 0 saturated heterocycles. The van der Waals surface area contributed by atoms with Gasteiger partial charge in [0.25, 0.3) is 0 Å². The van der Waals surface area contributed by atoms with E-state index in [4.69, 9.17) is 27.4 Å². The Bertz CT molecular complexity index is 1220. The van der Waals surface area contributed by atoms with Crippen molar-refractivity contribution in [2.75, 3.05) is 27.4 Å². The van der Waals surface area contributed by atoms with E-state index in [1.165, 1.54) is 26.7 Å². The SMILES string of the molecule is COc1cc2occc2cc1C(=O)CO[PH](=O)OCC(=O)c1cc2ccoc2cc1OC. The molecule has 0 radical (unpaired) electrons. The molecule has 32 heavy (non-hydrogen) atoms. The van der Waals surface area contributed by atoms with Crippen molar-refractivity contribution in [3.63, 3.8) is 0 Å². The number of rotatable bonds is 10. The number of ether oxygens (including phenoxy) is 2. The summed E-state index contributed by atoms with van der Waals surface area (Å²) in [6, 6.07) is 9.79. The largest absolute Gasteiger partial charge is 0.496 e. The molecule has 0 fully saturated rings. The van der Waals surface area contributed by atoms with Crippen molar-refractivity contribution in [3.8, 4) is 11.5 Å². The summed E-state index contributed by atoms with van der Waals surface area (Å²) in [5.41, 5.74) is 1.65. The van der Waals surface area contributed by atoms with Gasteiger partial charge in [-0.2, -0.15) is 0 Å². The minimum absolute atomic E-state index is 0.255. The van der Waals surface area contributed by atoms with E-state index in [0.717, 1.165) is 0 Å². The highest BCUT2D eigenvalue weighted by Crippen LogP contribution is 2.31. The Morgan fingerprint density at radius 3 is 1.62 bits per heavy atom. The first-order chi connectivity index (χ1) is 15.5. The standard InChI is InChI=1S/C22H19O9P/c1-26-21-9-19-13(3-5-28-19)7-15(21)17(23)11-30-32(25)31-12-18(24)16-8-14-4-6-29-20(14)10-22(16)27-2/h3-10,32H,11-12H2,1-2H3. The molecule has 4 aromatic rings. The van der Waals surface area contributed by atoms with Crippen molar-refractivity contribution >= 4 is 41.8 Å². The van der Waals surface area contributed by atoms with Gasteiger partial charge in [0, 0.05) is 22.9 Å². The Morgan fingerprint density at radius 1 is 0.781 bits per heavy atom. The van der Waals surface area contributed by atoms with Gasteiger partial charge >= 0.3 is 8.25 Å². The Morgan fingerprint density at radius 2 is 1.22 bits per heavy atom. The first kappa shape index (κ1) is 21.8. The Balaban J connectivity index is 1.36. The highest BCUT2D eigenvalue weighted by molar-refractivity contribution is 7.33. The van der Waals surface area contributed by atoms with Crippen molar-refractivity contribution in [2.45, 2.75) is 0 Å². The fraction of sp³-hybridized carbons (Fsp3) is 0.182. The monoisotopic (exact) mass is 458 g/mol. The van der Waals surface area contributed by atoms with E-state index in [2.05, 4.69) is 0 Å². The lowest BCUT2D eigenvalue weighted by Crippen LogP contribution is -2.10. The van der Waals surface area contributed by atoms with Crippen LogP contribution < -0.4 is 9.47 Å². The molecule has 0 amide bonds. The van der Waals surface area contributed by atoms with Crippen molar-refractivity contribution < 1.29 is 41.5 Å². The van der Waals surface area contributed by atoms with Gasteiger partial charge in [0.15, 0.2) is 11.6 Å². The van der Waals surface area contributed by atoms with Crippen LogP contribution in [-0.2, 0) is 13.6 Å².